The number of fused-ring (bicyclic) bond motifs is 1. The molecule has 0 aliphatic carbocycles. The maximum absolute atomic E-state index is 11.7. The van der Waals surface area contributed by atoms with Crippen molar-refractivity contribution in [3.8, 4) is 5.75 Å². The lowest BCUT2D eigenvalue weighted by Crippen LogP contribution is -2.28. The molecule has 0 saturated carbocycles. The molecule has 0 atom stereocenters. The second-order valence-corrected chi connectivity index (χ2v) is 3.41. The summed E-state index contributed by atoms with van der Waals surface area (Å²) in [5.41, 5.74) is 0.0625. The molecule has 0 bridgehead atoms. The van der Waals surface area contributed by atoms with Gasteiger partial charge in [-0.25, -0.2) is 0 Å². The van der Waals surface area contributed by atoms with Gasteiger partial charge in [0.25, 0.3) is 12.0 Å². The van der Waals surface area contributed by atoms with Crippen LogP contribution in [0.4, 0.5) is 0 Å². The minimum Gasteiger partial charge on any atom is -0.429 e. The van der Waals surface area contributed by atoms with Crippen molar-refractivity contribution in [2.24, 2.45) is 0 Å². The van der Waals surface area contributed by atoms with E-state index in [-0.39, 0.29) is 4.77 Å². The number of hydrogen-bond donors (Lipinski definition) is 2. The normalized spacial score (nSPS) is 10.2. The number of benzene rings is 1. The van der Waals surface area contributed by atoms with E-state index in [4.69, 9.17) is 18.1 Å². The number of nitrogen functional groups attached to an aromatic ring is 1. The molecule has 0 unspecified atom stereocenters. The molecule has 1 aromatic heterocycles. The van der Waals surface area contributed by atoms with E-state index in [1.807, 2.05) is 0 Å². The second-order valence-electron chi connectivity index (χ2n) is 3.03. The molecule has 0 fully saturated rings. The third-order valence-corrected chi connectivity index (χ3v) is 2.38. The first-order valence-electron chi connectivity index (χ1n) is 4.28. The standard InChI is InChI=1S/C9H7N3O3S/c10-12-8(14)6-2-1-5(15-4-13)3-7(6)11-9(12)16/h1-4H,10H2,(H,11,16). The summed E-state index contributed by atoms with van der Waals surface area (Å²) in [7, 11) is 0. The number of H-pyrrole nitrogens is 1. The molecule has 0 spiro atoms. The van der Waals surface area contributed by atoms with E-state index in [9.17, 15) is 9.59 Å². The second kappa shape index (κ2) is 3.78. The topological polar surface area (TPSA) is 90.1 Å². The van der Waals surface area contributed by atoms with Crippen molar-refractivity contribution in [2.75, 3.05) is 5.84 Å². The maximum atomic E-state index is 11.7. The molecule has 82 valence electrons. The molecule has 2 rings (SSSR count). The van der Waals surface area contributed by atoms with Crippen molar-refractivity contribution in [1.29, 1.82) is 0 Å². The van der Waals surface area contributed by atoms with Gasteiger partial charge in [-0.1, -0.05) is 0 Å². The van der Waals surface area contributed by atoms with E-state index in [2.05, 4.69) is 9.72 Å². The van der Waals surface area contributed by atoms with Crippen LogP contribution < -0.4 is 16.1 Å². The van der Waals surface area contributed by atoms with Crippen LogP contribution >= 0.6 is 12.2 Å². The number of nitrogens with zero attached hydrogens (tertiary/aromatic N) is 1. The van der Waals surface area contributed by atoms with Gasteiger partial charge in [0.15, 0.2) is 4.77 Å². The minimum atomic E-state index is -0.406. The van der Waals surface area contributed by atoms with Crippen molar-refractivity contribution in [3.05, 3.63) is 33.3 Å². The predicted octanol–water partition coefficient (Wildman–Crippen LogP) is 0.308. The fourth-order valence-electron chi connectivity index (χ4n) is 1.34. The molecule has 0 aliphatic rings. The Labute approximate surface area is 94.2 Å². The number of rotatable bonds is 2. The van der Waals surface area contributed by atoms with E-state index in [1.54, 1.807) is 0 Å². The molecule has 2 aromatic rings. The molecule has 0 aliphatic heterocycles. The largest absolute Gasteiger partial charge is 0.429 e. The first kappa shape index (κ1) is 10.4. The van der Waals surface area contributed by atoms with E-state index in [0.29, 0.717) is 23.1 Å². The lowest BCUT2D eigenvalue weighted by Gasteiger charge is -2.03. The first-order chi connectivity index (χ1) is 7.63. The number of nitrogens with two attached hydrogens (primary N) is 1. The summed E-state index contributed by atoms with van der Waals surface area (Å²) in [6.07, 6.45) is 0. The Kier molecular flexibility index (Phi) is 2.45. The van der Waals surface area contributed by atoms with Gasteiger partial charge in [0.2, 0.25) is 0 Å². The van der Waals surface area contributed by atoms with Crippen LogP contribution in [0.5, 0.6) is 5.75 Å². The molecule has 16 heavy (non-hydrogen) atoms. The molecule has 1 aromatic carbocycles. The number of carbonyl (C=O) groups excluding carboxylic acids is 1. The third-order valence-electron chi connectivity index (χ3n) is 2.08. The molecule has 0 saturated heterocycles. The highest BCUT2D eigenvalue weighted by Gasteiger charge is 2.04. The van der Waals surface area contributed by atoms with Crippen LogP contribution in [0.3, 0.4) is 0 Å². The number of aromatic nitrogens is 2. The summed E-state index contributed by atoms with van der Waals surface area (Å²) in [6.45, 7) is 0.305. The summed E-state index contributed by atoms with van der Waals surface area (Å²) >= 11 is 4.85. The van der Waals surface area contributed by atoms with Crippen LogP contribution in [0, 0.1) is 4.77 Å². The van der Waals surface area contributed by atoms with E-state index < -0.39 is 5.56 Å². The van der Waals surface area contributed by atoms with Gasteiger partial charge in [-0.15, -0.1) is 0 Å². The maximum Gasteiger partial charge on any atom is 0.298 e. The Morgan fingerprint density at radius 1 is 1.50 bits per heavy atom. The zero-order valence-electron chi connectivity index (χ0n) is 7.97. The molecule has 6 nitrogen and oxygen atoms in total. The molecular formula is C9H7N3O3S. The molecule has 3 N–H and O–H groups in total. The quantitative estimate of drug-likeness (QED) is 0.445. The molecule has 7 heteroatoms. The van der Waals surface area contributed by atoms with Crippen molar-refractivity contribution in [1.82, 2.24) is 9.66 Å². The molecular weight excluding hydrogens is 230 g/mol. The van der Waals surface area contributed by atoms with Gasteiger partial charge in [-0.2, -0.15) is 4.68 Å². The van der Waals surface area contributed by atoms with Crippen LogP contribution in [0.15, 0.2) is 23.0 Å². The van der Waals surface area contributed by atoms with Crippen LogP contribution in [0.2, 0.25) is 0 Å². The Bertz CT molecular complexity index is 674. The molecule has 0 radical (unpaired) electrons. The van der Waals surface area contributed by atoms with Crippen LogP contribution in [-0.4, -0.2) is 16.1 Å². The zero-order valence-corrected chi connectivity index (χ0v) is 8.78. The fourth-order valence-corrected chi connectivity index (χ4v) is 1.53. The van der Waals surface area contributed by atoms with E-state index in [0.717, 1.165) is 4.68 Å². The number of ether oxygens (including phenoxy) is 1. The summed E-state index contributed by atoms with van der Waals surface area (Å²) < 4.78 is 5.59. The van der Waals surface area contributed by atoms with Crippen LogP contribution in [-0.2, 0) is 4.79 Å². The summed E-state index contributed by atoms with van der Waals surface area (Å²) in [5, 5.41) is 0.370. The Morgan fingerprint density at radius 2 is 2.25 bits per heavy atom. The molecule has 1 heterocycles. The SMILES string of the molecule is Nn1c(=S)[nH]c2cc(OC=O)ccc2c1=O. The molecule has 0 amide bonds. The fraction of sp³-hybridized carbons (Fsp3) is 0. The van der Waals surface area contributed by atoms with Crippen molar-refractivity contribution in [2.45, 2.75) is 0 Å². The lowest BCUT2D eigenvalue weighted by atomic mass is 10.2. The monoisotopic (exact) mass is 237 g/mol. The highest BCUT2D eigenvalue weighted by atomic mass is 32.1. The average Bonchev–Trinajstić information content (AvgIpc) is 2.26. The summed E-state index contributed by atoms with van der Waals surface area (Å²) in [6, 6.07) is 4.50. The van der Waals surface area contributed by atoms with Gasteiger partial charge in [0.1, 0.15) is 5.75 Å². The van der Waals surface area contributed by atoms with Crippen molar-refractivity contribution >= 4 is 29.6 Å². The Hall–Kier alpha value is -2.15. The van der Waals surface area contributed by atoms with Gasteiger partial charge in [-0.3, -0.25) is 9.59 Å². The highest BCUT2D eigenvalue weighted by Crippen LogP contribution is 2.15. The summed E-state index contributed by atoms with van der Waals surface area (Å²) in [5.74, 6) is 5.75. The number of carbonyl (C=O) groups is 1. The number of aromatic amines is 1. The lowest BCUT2D eigenvalue weighted by molar-refractivity contribution is -0.120. The summed E-state index contributed by atoms with van der Waals surface area (Å²) in [4.78, 5) is 24.6. The first-order valence-corrected chi connectivity index (χ1v) is 4.69. The minimum absolute atomic E-state index is 0.0979. The average molecular weight is 237 g/mol. The van der Waals surface area contributed by atoms with Crippen molar-refractivity contribution in [3.63, 3.8) is 0 Å². The highest BCUT2D eigenvalue weighted by molar-refractivity contribution is 7.71. The predicted molar refractivity (Wildman–Crippen MR) is 60.2 cm³/mol. The zero-order chi connectivity index (χ0) is 11.7. The van der Waals surface area contributed by atoms with E-state index in [1.165, 1.54) is 18.2 Å². The smallest absolute Gasteiger partial charge is 0.298 e. The van der Waals surface area contributed by atoms with Crippen molar-refractivity contribution < 1.29 is 9.53 Å². The van der Waals surface area contributed by atoms with Gasteiger partial charge in [0, 0.05) is 6.07 Å². The third kappa shape index (κ3) is 1.57. The Morgan fingerprint density at radius 3 is 2.94 bits per heavy atom. The van der Waals surface area contributed by atoms with Gasteiger partial charge >= 0.3 is 0 Å². The van der Waals surface area contributed by atoms with Crippen LogP contribution in [0.1, 0.15) is 0 Å². The van der Waals surface area contributed by atoms with Gasteiger partial charge < -0.3 is 15.6 Å². The van der Waals surface area contributed by atoms with Gasteiger partial charge in [-0.05, 0) is 24.4 Å². The van der Waals surface area contributed by atoms with E-state index >= 15 is 0 Å². The number of hydrogen-bond acceptors (Lipinski definition) is 5. The number of nitrogens with one attached hydrogen (secondary N) is 1. The van der Waals surface area contributed by atoms with Crippen LogP contribution in [0.25, 0.3) is 10.9 Å². The Balaban J connectivity index is 2.81. The van der Waals surface area contributed by atoms with Gasteiger partial charge in [0.05, 0.1) is 10.9 Å².